The van der Waals surface area contributed by atoms with E-state index in [0.717, 1.165) is 6.42 Å². The van der Waals surface area contributed by atoms with Gasteiger partial charge < -0.3 is 14.7 Å². The van der Waals surface area contributed by atoms with E-state index >= 15 is 0 Å². The number of likely N-dealkylation sites (tertiary alicyclic amines) is 1. The van der Waals surface area contributed by atoms with Gasteiger partial charge in [0.25, 0.3) is 0 Å². The number of carboxylic acid groups (broad SMARTS) is 1. The zero-order valence-corrected chi connectivity index (χ0v) is 15.3. The molecule has 0 unspecified atom stereocenters. The van der Waals surface area contributed by atoms with Crippen LogP contribution in [-0.4, -0.2) is 58.9 Å². The molecule has 1 amide bonds. The number of ether oxygens (including phenoxy) is 1. The van der Waals surface area contributed by atoms with Gasteiger partial charge in [-0.15, -0.1) is 0 Å². The number of methoxy groups -OCH3 is 1. The Labute approximate surface area is 151 Å². The highest BCUT2D eigenvalue weighted by molar-refractivity contribution is 8.00. The van der Waals surface area contributed by atoms with Crippen molar-refractivity contribution in [3.8, 4) is 5.75 Å². The average molecular weight is 365 g/mol. The van der Waals surface area contributed by atoms with Crippen LogP contribution < -0.4 is 4.74 Å². The maximum Gasteiger partial charge on any atom is 0.326 e. The monoisotopic (exact) mass is 365 g/mol. The number of Topliss-reactive ketones (excluding diaryl/α,β-unsaturated/α-hetero) is 1. The van der Waals surface area contributed by atoms with Gasteiger partial charge in [-0.1, -0.05) is 19.1 Å². The predicted octanol–water partition coefficient (Wildman–Crippen LogP) is 2.32. The summed E-state index contributed by atoms with van der Waals surface area (Å²) in [5.41, 5.74) is 0.580. The lowest BCUT2D eigenvalue weighted by Crippen LogP contribution is -2.43. The number of ketones is 1. The van der Waals surface area contributed by atoms with E-state index in [-0.39, 0.29) is 23.4 Å². The van der Waals surface area contributed by atoms with Gasteiger partial charge >= 0.3 is 5.97 Å². The number of hydrogen-bond donors (Lipinski definition) is 1. The first-order chi connectivity index (χ1) is 11.9. The van der Waals surface area contributed by atoms with E-state index < -0.39 is 12.0 Å². The molecule has 7 heteroatoms. The number of thioether (sulfide) groups is 1. The van der Waals surface area contributed by atoms with Gasteiger partial charge in [0.1, 0.15) is 11.8 Å². The Kier molecular flexibility index (Phi) is 6.87. The molecule has 6 nitrogen and oxygen atoms in total. The summed E-state index contributed by atoms with van der Waals surface area (Å²) in [6, 6.07) is 6.27. The first-order valence-electron chi connectivity index (χ1n) is 8.22. The van der Waals surface area contributed by atoms with Gasteiger partial charge in [-0.25, -0.2) is 4.79 Å². The molecule has 0 bridgehead atoms. The highest BCUT2D eigenvalue weighted by atomic mass is 32.2. The summed E-state index contributed by atoms with van der Waals surface area (Å²) in [4.78, 5) is 37.3. The summed E-state index contributed by atoms with van der Waals surface area (Å²) in [5.74, 6) is -0.0423. The van der Waals surface area contributed by atoms with Crippen LogP contribution in [0.1, 0.15) is 30.1 Å². The van der Waals surface area contributed by atoms with Crippen molar-refractivity contribution in [2.24, 2.45) is 5.92 Å². The maximum atomic E-state index is 12.4. The summed E-state index contributed by atoms with van der Waals surface area (Å²) >= 11 is 1.39. The fourth-order valence-electron chi connectivity index (χ4n) is 2.85. The zero-order valence-electron chi connectivity index (χ0n) is 14.4. The van der Waals surface area contributed by atoms with Crippen LogP contribution in [0.15, 0.2) is 24.3 Å². The SMILES string of the molecule is COc1cccc(C(=O)CSC[C@@H](C)C(=O)N2CCC[C@H]2C(=O)O)c1. The fourth-order valence-corrected chi connectivity index (χ4v) is 3.82. The molecule has 2 rings (SSSR count). The maximum absolute atomic E-state index is 12.4. The van der Waals surface area contributed by atoms with Crippen LogP contribution in [0, 0.1) is 5.92 Å². The molecule has 25 heavy (non-hydrogen) atoms. The van der Waals surface area contributed by atoms with Crippen molar-refractivity contribution in [1.82, 2.24) is 4.90 Å². The number of rotatable bonds is 8. The number of carbonyl (C=O) groups is 3. The third kappa shape index (κ3) is 4.98. The molecule has 0 saturated carbocycles. The van der Waals surface area contributed by atoms with Gasteiger partial charge in [-0.2, -0.15) is 11.8 Å². The van der Waals surface area contributed by atoms with Crippen molar-refractivity contribution in [1.29, 1.82) is 0 Å². The summed E-state index contributed by atoms with van der Waals surface area (Å²) in [6.07, 6.45) is 1.23. The first kappa shape index (κ1) is 19.3. The van der Waals surface area contributed by atoms with Crippen LogP contribution in [0.2, 0.25) is 0 Å². The molecule has 0 aromatic heterocycles. The Morgan fingerprint density at radius 1 is 1.40 bits per heavy atom. The summed E-state index contributed by atoms with van der Waals surface area (Å²) in [6.45, 7) is 2.27. The van der Waals surface area contributed by atoms with Crippen molar-refractivity contribution >= 4 is 29.4 Å². The smallest absolute Gasteiger partial charge is 0.326 e. The van der Waals surface area contributed by atoms with Gasteiger partial charge in [0, 0.05) is 23.8 Å². The normalized spacial score (nSPS) is 18.0. The van der Waals surface area contributed by atoms with E-state index in [4.69, 9.17) is 4.74 Å². The van der Waals surface area contributed by atoms with Crippen LogP contribution in [0.5, 0.6) is 5.75 Å². The number of nitrogens with zero attached hydrogens (tertiary/aromatic N) is 1. The lowest BCUT2D eigenvalue weighted by molar-refractivity contribution is -0.149. The molecule has 1 aromatic carbocycles. The van der Waals surface area contributed by atoms with Crippen LogP contribution in [-0.2, 0) is 9.59 Å². The molecule has 0 spiro atoms. The van der Waals surface area contributed by atoms with E-state index in [1.165, 1.54) is 16.7 Å². The molecule has 0 aliphatic carbocycles. The Morgan fingerprint density at radius 3 is 2.84 bits per heavy atom. The number of hydrogen-bond acceptors (Lipinski definition) is 5. The van der Waals surface area contributed by atoms with E-state index in [0.29, 0.717) is 30.0 Å². The second kappa shape index (κ2) is 8.89. The molecule has 1 saturated heterocycles. The number of benzene rings is 1. The number of carboxylic acids is 1. The Bertz CT molecular complexity index is 648. The molecule has 1 fully saturated rings. The van der Waals surface area contributed by atoms with Gasteiger partial charge in [0.2, 0.25) is 5.91 Å². The predicted molar refractivity (Wildman–Crippen MR) is 96.2 cm³/mol. The van der Waals surface area contributed by atoms with Crippen LogP contribution in [0.4, 0.5) is 0 Å². The minimum atomic E-state index is -0.945. The summed E-state index contributed by atoms with van der Waals surface area (Å²) in [5, 5.41) is 9.18. The van der Waals surface area contributed by atoms with Gasteiger partial charge in [0.15, 0.2) is 5.78 Å². The van der Waals surface area contributed by atoms with Crippen LogP contribution in [0.3, 0.4) is 0 Å². The number of amides is 1. The van der Waals surface area contributed by atoms with Gasteiger partial charge in [-0.05, 0) is 25.0 Å². The minimum absolute atomic E-state index is 0.0202. The molecular weight excluding hydrogens is 342 g/mol. The molecule has 136 valence electrons. The molecule has 0 radical (unpaired) electrons. The molecule has 2 atom stereocenters. The van der Waals surface area contributed by atoms with E-state index in [1.807, 2.05) is 0 Å². The molecule has 1 aliphatic heterocycles. The zero-order chi connectivity index (χ0) is 18.4. The Hall–Kier alpha value is -2.02. The molecule has 1 aromatic rings. The number of carbonyl (C=O) groups excluding carboxylic acids is 2. The topological polar surface area (TPSA) is 83.9 Å². The fraction of sp³-hybridized carbons (Fsp3) is 0.500. The molecule has 1 heterocycles. The van der Waals surface area contributed by atoms with Crippen molar-refractivity contribution < 1.29 is 24.2 Å². The third-order valence-electron chi connectivity index (χ3n) is 4.24. The Balaban J connectivity index is 1.83. The third-order valence-corrected chi connectivity index (χ3v) is 5.44. The van der Waals surface area contributed by atoms with Crippen molar-refractivity contribution in [2.45, 2.75) is 25.8 Å². The highest BCUT2D eigenvalue weighted by Crippen LogP contribution is 2.22. The summed E-state index contributed by atoms with van der Waals surface area (Å²) in [7, 11) is 1.55. The van der Waals surface area contributed by atoms with Crippen molar-refractivity contribution in [2.75, 3.05) is 25.2 Å². The number of aliphatic carboxylic acids is 1. The molecule has 1 aliphatic rings. The molecule has 1 N–H and O–H groups in total. The van der Waals surface area contributed by atoms with E-state index in [9.17, 15) is 19.5 Å². The summed E-state index contributed by atoms with van der Waals surface area (Å²) < 4.78 is 5.11. The van der Waals surface area contributed by atoms with Crippen molar-refractivity contribution in [3.05, 3.63) is 29.8 Å². The van der Waals surface area contributed by atoms with Crippen LogP contribution in [0.25, 0.3) is 0 Å². The second-order valence-corrected chi connectivity index (χ2v) is 7.13. The van der Waals surface area contributed by atoms with E-state index in [1.54, 1.807) is 38.3 Å². The lowest BCUT2D eigenvalue weighted by Gasteiger charge is -2.24. The quantitative estimate of drug-likeness (QED) is 0.712. The lowest BCUT2D eigenvalue weighted by atomic mass is 10.1. The van der Waals surface area contributed by atoms with Gasteiger partial charge in [-0.3, -0.25) is 9.59 Å². The first-order valence-corrected chi connectivity index (χ1v) is 9.37. The second-order valence-electron chi connectivity index (χ2n) is 6.10. The van der Waals surface area contributed by atoms with Crippen molar-refractivity contribution in [3.63, 3.8) is 0 Å². The Morgan fingerprint density at radius 2 is 2.16 bits per heavy atom. The minimum Gasteiger partial charge on any atom is -0.497 e. The van der Waals surface area contributed by atoms with E-state index in [2.05, 4.69) is 0 Å². The molecular formula is C18H23NO5S. The largest absolute Gasteiger partial charge is 0.497 e. The standard InChI is InChI=1S/C18H23NO5S/c1-12(17(21)19-8-4-7-15(19)18(22)23)10-25-11-16(20)13-5-3-6-14(9-13)24-2/h3,5-6,9,12,15H,4,7-8,10-11H2,1-2H3,(H,22,23)/t12-,15+/m1/s1. The average Bonchev–Trinajstić information content (AvgIpc) is 3.10. The van der Waals surface area contributed by atoms with Gasteiger partial charge in [0.05, 0.1) is 12.9 Å². The highest BCUT2D eigenvalue weighted by Gasteiger charge is 2.35. The van der Waals surface area contributed by atoms with Crippen LogP contribution >= 0.6 is 11.8 Å².